The van der Waals surface area contributed by atoms with E-state index in [1.54, 1.807) is 0 Å². The second kappa shape index (κ2) is 8.16. The standard InChI is InChI=1S/C16H34N2/c1-13(2)9-15(5)11-18(10-14(3)4)12-16-7-6-8-17-16/h13-17H,6-12H2,1-5H3. The Morgan fingerprint density at radius 2 is 1.78 bits per heavy atom. The lowest BCUT2D eigenvalue weighted by Gasteiger charge is -2.30. The Balaban J connectivity index is 2.38. The van der Waals surface area contributed by atoms with Crippen LogP contribution in [0.15, 0.2) is 0 Å². The highest BCUT2D eigenvalue weighted by molar-refractivity contribution is 4.79. The summed E-state index contributed by atoms with van der Waals surface area (Å²) in [6.07, 6.45) is 4.08. The van der Waals surface area contributed by atoms with Gasteiger partial charge in [-0.25, -0.2) is 0 Å². The zero-order chi connectivity index (χ0) is 13.5. The highest BCUT2D eigenvalue weighted by Gasteiger charge is 2.20. The highest BCUT2D eigenvalue weighted by Crippen LogP contribution is 2.15. The minimum Gasteiger partial charge on any atom is -0.313 e. The van der Waals surface area contributed by atoms with Crippen LogP contribution < -0.4 is 5.32 Å². The minimum atomic E-state index is 0.745. The van der Waals surface area contributed by atoms with Crippen molar-refractivity contribution in [2.24, 2.45) is 17.8 Å². The van der Waals surface area contributed by atoms with Gasteiger partial charge in [0.15, 0.2) is 0 Å². The van der Waals surface area contributed by atoms with Crippen LogP contribution in [0.2, 0.25) is 0 Å². The molecule has 2 atom stereocenters. The van der Waals surface area contributed by atoms with E-state index >= 15 is 0 Å². The summed E-state index contributed by atoms with van der Waals surface area (Å²) >= 11 is 0. The summed E-state index contributed by atoms with van der Waals surface area (Å²) in [5.74, 6) is 2.42. The Labute approximate surface area is 115 Å². The average molecular weight is 254 g/mol. The zero-order valence-corrected chi connectivity index (χ0v) is 13.2. The smallest absolute Gasteiger partial charge is 0.0195 e. The number of rotatable bonds is 8. The van der Waals surface area contributed by atoms with Gasteiger partial charge in [-0.2, -0.15) is 0 Å². The van der Waals surface area contributed by atoms with Crippen LogP contribution in [0.1, 0.15) is 53.9 Å². The molecule has 2 nitrogen and oxygen atoms in total. The van der Waals surface area contributed by atoms with Crippen molar-refractivity contribution >= 4 is 0 Å². The molecule has 1 heterocycles. The van der Waals surface area contributed by atoms with Crippen LogP contribution >= 0.6 is 0 Å². The van der Waals surface area contributed by atoms with E-state index in [1.165, 1.54) is 45.4 Å². The number of hydrogen-bond acceptors (Lipinski definition) is 2. The van der Waals surface area contributed by atoms with Crippen molar-refractivity contribution in [3.63, 3.8) is 0 Å². The first-order valence-corrected chi connectivity index (χ1v) is 7.93. The van der Waals surface area contributed by atoms with Gasteiger partial charge >= 0.3 is 0 Å². The summed E-state index contributed by atoms with van der Waals surface area (Å²) in [6.45, 7) is 16.8. The summed E-state index contributed by atoms with van der Waals surface area (Å²) < 4.78 is 0. The van der Waals surface area contributed by atoms with Crippen molar-refractivity contribution in [2.45, 2.75) is 59.9 Å². The third-order valence-corrected chi connectivity index (χ3v) is 3.71. The molecule has 0 aromatic rings. The predicted octanol–water partition coefficient (Wildman–Crippen LogP) is 3.38. The van der Waals surface area contributed by atoms with Gasteiger partial charge in [0.05, 0.1) is 0 Å². The van der Waals surface area contributed by atoms with Gasteiger partial charge in [-0.1, -0.05) is 34.6 Å². The van der Waals surface area contributed by atoms with E-state index < -0.39 is 0 Å². The molecule has 18 heavy (non-hydrogen) atoms. The Bertz CT molecular complexity index is 207. The lowest BCUT2D eigenvalue weighted by Crippen LogP contribution is -2.41. The lowest BCUT2D eigenvalue weighted by molar-refractivity contribution is 0.187. The van der Waals surface area contributed by atoms with Crippen molar-refractivity contribution in [1.29, 1.82) is 0 Å². The fourth-order valence-corrected chi connectivity index (χ4v) is 3.28. The molecular weight excluding hydrogens is 220 g/mol. The molecule has 1 fully saturated rings. The van der Waals surface area contributed by atoms with Gasteiger partial charge in [0.25, 0.3) is 0 Å². The first kappa shape index (κ1) is 16.0. The summed E-state index contributed by atoms with van der Waals surface area (Å²) in [6, 6.07) is 0.745. The molecule has 0 aliphatic carbocycles. The van der Waals surface area contributed by atoms with Gasteiger partial charge in [-0.15, -0.1) is 0 Å². The molecule has 2 heteroatoms. The Hall–Kier alpha value is -0.0800. The molecule has 1 rings (SSSR count). The van der Waals surface area contributed by atoms with Crippen molar-refractivity contribution in [3.05, 3.63) is 0 Å². The fraction of sp³-hybridized carbons (Fsp3) is 1.00. The number of nitrogens with zero attached hydrogens (tertiary/aromatic N) is 1. The van der Waals surface area contributed by atoms with E-state index in [4.69, 9.17) is 0 Å². The maximum atomic E-state index is 3.63. The van der Waals surface area contributed by atoms with Crippen LogP contribution in [0.4, 0.5) is 0 Å². The Morgan fingerprint density at radius 3 is 2.28 bits per heavy atom. The molecule has 108 valence electrons. The normalized spacial score (nSPS) is 22.3. The maximum Gasteiger partial charge on any atom is 0.0195 e. The molecule has 0 radical (unpaired) electrons. The number of nitrogens with one attached hydrogen (secondary N) is 1. The monoisotopic (exact) mass is 254 g/mol. The van der Waals surface area contributed by atoms with Crippen LogP contribution in [0, 0.1) is 17.8 Å². The van der Waals surface area contributed by atoms with Gasteiger partial charge in [0.2, 0.25) is 0 Å². The molecule has 1 N–H and O–H groups in total. The highest BCUT2D eigenvalue weighted by atomic mass is 15.2. The molecule has 1 saturated heterocycles. The lowest BCUT2D eigenvalue weighted by atomic mass is 9.98. The van der Waals surface area contributed by atoms with E-state index in [2.05, 4.69) is 44.8 Å². The van der Waals surface area contributed by atoms with Crippen LogP contribution in [-0.2, 0) is 0 Å². The first-order valence-electron chi connectivity index (χ1n) is 7.93. The molecule has 0 amide bonds. The van der Waals surface area contributed by atoms with E-state index in [0.29, 0.717) is 0 Å². The minimum absolute atomic E-state index is 0.745. The molecule has 0 bridgehead atoms. The van der Waals surface area contributed by atoms with Crippen LogP contribution in [0.3, 0.4) is 0 Å². The molecule has 0 spiro atoms. The third kappa shape index (κ3) is 6.75. The van der Waals surface area contributed by atoms with E-state index in [0.717, 1.165) is 23.8 Å². The van der Waals surface area contributed by atoms with Crippen molar-refractivity contribution in [1.82, 2.24) is 10.2 Å². The van der Waals surface area contributed by atoms with Crippen molar-refractivity contribution in [2.75, 3.05) is 26.2 Å². The third-order valence-electron chi connectivity index (χ3n) is 3.71. The topological polar surface area (TPSA) is 15.3 Å². The molecule has 0 saturated carbocycles. The maximum absolute atomic E-state index is 3.63. The second-order valence-corrected chi connectivity index (χ2v) is 7.14. The van der Waals surface area contributed by atoms with Gasteiger partial charge < -0.3 is 10.2 Å². The van der Waals surface area contributed by atoms with Gasteiger partial charge in [-0.05, 0) is 43.6 Å². The first-order chi connectivity index (χ1) is 8.47. The van der Waals surface area contributed by atoms with E-state index in [9.17, 15) is 0 Å². The number of hydrogen-bond donors (Lipinski definition) is 1. The average Bonchev–Trinajstić information content (AvgIpc) is 2.67. The predicted molar refractivity (Wildman–Crippen MR) is 80.9 cm³/mol. The van der Waals surface area contributed by atoms with Crippen LogP contribution in [-0.4, -0.2) is 37.1 Å². The van der Waals surface area contributed by atoms with Crippen LogP contribution in [0.5, 0.6) is 0 Å². The van der Waals surface area contributed by atoms with Gasteiger partial charge in [-0.3, -0.25) is 0 Å². The van der Waals surface area contributed by atoms with Crippen LogP contribution in [0.25, 0.3) is 0 Å². The molecule has 0 aromatic carbocycles. The molecular formula is C16H34N2. The van der Waals surface area contributed by atoms with Crippen molar-refractivity contribution in [3.8, 4) is 0 Å². The van der Waals surface area contributed by atoms with Gasteiger partial charge in [0, 0.05) is 25.7 Å². The summed E-state index contributed by atoms with van der Waals surface area (Å²) in [5.41, 5.74) is 0. The SMILES string of the molecule is CC(C)CC(C)CN(CC(C)C)CC1CCCN1. The molecule has 1 aliphatic rings. The summed E-state index contributed by atoms with van der Waals surface area (Å²) in [7, 11) is 0. The summed E-state index contributed by atoms with van der Waals surface area (Å²) in [5, 5.41) is 3.63. The second-order valence-electron chi connectivity index (χ2n) is 7.14. The Morgan fingerprint density at radius 1 is 1.06 bits per heavy atom. The Kier molecular flexibility index (Phi) is 7.25. The van der Waals surface area contributed by atoms with E-state index in [-0.39, 0.29) is 0 Å². The largest absolute Gasteiger partial charge is 0.313 e. The quantitative estimate of drug-likeness (QED) is 0.714. The molecule has 0 aromatic heterocycles. The zero-order valence-electron chi connectivity index (χ0n) is 13.2. The van der Waals surface area contributed by atoms with Gasteiger partial charge in [0.1, 0.15) is 0 Å². The fourth-order valence-electron chi connectivity index (χ4n) is 3.28. The summed E-state index contributed by atoms with van der Waals surface area (Å²) in [4.78, 5) is 2.70. The molecule has 1 aliphatic heterocycles. The molecule has 2 unspecified atom stereocenters. The van der Waals surface area contributed by atoms with E-state index in [1.807, 2.05) is 0 Å². The van der Waals surface area contributed by atoms with Crippen molar-refractivity contribution < 1.29 is 0 Å².